The molecule has 0 aromatic rings. The van der Waals surface area contributed by atoms with Crippen LogP contribution in [0.2, 0.25) is 0 Å². The smallest absolute Gasteiger partial charge is 0.149 e. The average Bonchev–Trinajstić information content (AvgIpc) is 3.02. The lowest BCUT2D eigenvalue weighted by atomic mass is 10.2. The Bertz CT molecular complexity index is 205. The number of carbonyl (C=O) groups excluding carboxylic acids is 1. The van der Waals surface area contributed by atoms with Crippen molar-refractivity contribution in [3.05, 3.63) is 0 Å². The SMILES string of the molecule is CCN1CCN(CC(=O)C2CC2)CC1. The molecule has 0 spiro atoms. The van der Waals surface area contributed by atoms with Crippen LogP contribution in [0, 0.1) is 5.92 Å². The number of hydrogen-bond donors (Lipinski definition) is 0. The zero-order chi connectivity index (χ0) is 9.97. The van der Waals surface area contributed by atoms with Crippen molar-refractivity contribution in [3.8, 4) is 0 Å². The number of Topliss-reactive ketones (excluding diaryl/α,β-unsaturated/α-hetero) is 1. The zero-order valence-corrected chi connectivity index (χ0v) is 9.04. The molecule has 1 aliphatic heterocycles. The summed E-state index contributed by atoms with van der Waals surface area (Å²) in [4.78, 5) is 16.3. The van der Waals surface area contributed by atoms with Crippen molar-refractivity contribution >= 4 is 5.78 Å². The molecule has 80 valence electrons. The van der Waals surface area contributed by atoms with Crippen LogP contribution in [-0.2, 0) is 4.79 Å². The monoisotopic (exact) mass is 196 g/mol. The van der Waals surface area contributed by atoms with Crippen molar-refractivity contribution in [2.24, 2.45) is 5.92 Å². The van der Waals surface area contributed by atoms with Crippen molar-refractivity contribution in [1.29, 1.82) is 0 Å². The van der Waals surface area contributed by atoms with E-state index < -0.39 is 0 Å². The molecule has 3 heteroatoms. The first-order chi connectivity index (χ1) is 6.79. The van der Waals surface area contributed by atoms with E-state index >= 15 is 0 Å². The van der Waals surface area contributed by atoms with Gasteiger partial charge in [-0.1, -0.05) is 6.92 Å². The molecule has 0 radical (unpaired) electrons. The molecule has 0 bridgehead atoms. The van der Waals surface area contributed by atoms with Crippen LogP contribution in [0.3, 0.4) is 0 Å². The Morgan fingerprint density at radius 3 is 2.21 bits per heavy atom. The van der Waals surface area contributed by atoms with Crippen LogP contribution in [0.1, 0.15) is 19.8 Å². The minimum absolute atomic E-state index is 0.430. The Balaban J connectivity index is 1.69. The Morgan fingerprint density at radius 1 is 1.14 bits per heavy atom. The highest BCUT2D eigenvalue weighted by atomic mass is 16.1. The molecule has 0 N–H and O–H groups in total. The van der Waals surface area contributed by atoms with Gasteiger partial charge in [0.2, 0.25) is 0 Å². The molecule has 0 aromatic carbocycles. The standard InChI is InChI=1S/C11H20N2O/c1-2-12-5-7-13(8-6-12)9-11(14)10-3-4-10/h10H,2-9H2,1H3. The second-order valence-electron chi connectivity index (χ2n) is 4.45. The van der Waals surface area contributed by atoms with Gasteiger partial charge in [0.15, 0.2) is 0 Å². The molecule has 1 heterocycles. The van der Waals surface area contributed by atoms with E-state index in [4.69, 9.17) is 0 Å². The van der Waals surface area contributed by atoms with Gasteiger partial charge in [-0.2, -0.15) is 0 Å². The van der Waals surface area contributed by atoms with Crippen LogP contribution in [-0.4, -0.2) is 54.9 Å². The summed E-state index contributed by atoms with van der Waals surface area (Å²) in [7, 11) is 0. The summed E-state index contributed by atoms with van der Waals surface area (Å²) in [6.45, 7) is 8.47. The lowest BCUT2D eigenvalue weighted by Gasteiger charge is -2.33. The summed E-state index contributed by atoms with van der Waals surface area (Å²) in [6, 6.07) is 0. The van der Waals surface area contributed by atoms with E-state index in [2.05, 4.69) is 16.7 Å². The van der Waals surface area contributed by atoms with E-state index in [-0.39, 0.29) is 0 Å². The molecular weight excluding hydrogens is 176 g/mol. The van der Waals surface area contributed by atoms with Gasteiger partial charge >= 0.3 is 0 Å². The highest BCUT2D eigenvalue weighted by Crippen LogP contribution is 2.29. The van der Waals surface area contributed by atoms with Crippen LogP contribution in [0.15, 0.2) is 0 Å². The molecule has 2 fully saturated rings. The molecule has 0 aromatic heterocycles. The van der Waals surface area contributed by atoms with Crippen LogP contribution in [0.25, 0.3) is 0 Å². The lowest BCUT2D eigenvalue weighted by Crippen LogP contribution is -2.47. The molecule has 3 nitrogen and oxygen atoms in total. The summed E-state index contributed by atoms with van der Waals surface area (Å²) in [6.07, 6.45) is 2.29. The number of carbonyl (C=O) groups is 1. The third kappa shape index (κ3) is 2.55. The van der Waals surface area contributed by atoms with E-state index in [1.807, 2.05) is 0 Å². The highest BCUT2D eigenvalue weighted by molar-refractivity contribution is 5.84. The van der Waals surface area contributed by atoms with Gasteiger partial charge in [0.25, 0.3) is 0 Å². The molecule has 1 saturated heterocycles. The molecule has 2 aliphatic rings. The summed E-state index contributed by atoms with van der Waals surface area (Å²) in [5.74, 6) is 0.911. The normalized spacial score (nSPS) is 25.2. The third-order valence-corrected chi connectivity index (χ3v) is 3.32. The molecule has 1 aliphatic carbocycles. The Kier molecular flexibility index (Phi) is 3.19. The van der Waals surface area contributed by atoms with Crippen molar-refractivity contribution in [3.63, 3.8) is 0 Å². The molecule has 14 heavy (non-hydrogen) atoms. The van der Waals surface area contributed by atoms with Crippen molar-refractivity contribution < 1.29 is 4.79 Å². The first-order valence-electron chi connectivity index (χ1n) is 5.77. The van der Waals surface area contributed by atoms with E-state index in [1.54, 1.807) is 0 Å². The lowest BCUT2D eigenvalue weighted by molar-refractivity contribution is -0.121. The minimum atomic E-state index is 0.430. The highest BCUT2D eigenvalue weighted by Gasteiger charge is 2.30. The van der Waals surface area contributed by atoms with Gasteiger partial charge in [0.1, 0.15) is 5.78 Å². The van der Waals surface area contributed by atoms with Crippen LogP contribution >= 0.6 is 0 Å². The van der Waals surface area contributed by atoms with Crippen molar-refractivity contribution in [2.45, 2.75) is 19.8 Å². The summed E-state index contributed by atoms with van der Waals surface area (Å²) < 4.78 is 0. The predicted octanol–water partition coefficient (Wildman–Crippen LogP) is 0.603. The first-order valence-corrected chi connectivity index (χ1v) is 5.77. The van der Waals surface area contributed by atoms with Gasteiger partial charge in [-0.05, 0) is 19.4 Å². The van der Waals surface area contributed by atoms with Crippen LogP contribution in [0.5, 0.6) is 0 Å². The van der Waals surface area contributed by atoms with Crippen LogP contribution in [0.4, 0.5) is 0 Å². The first kappa shape index (κ1) is 10.1. The van der Waals surface area contributed by atoms with E-state index in [0.717, 1.165) is 45.6 Å². The number of ketones is 1. The topological polar surface area (TPSA) is 23.6 Å². The molecule has 1 saturated carbocycles. The maximum atomic E-state index is 11.6. The predicted molar refractivity (Wildman–Crippen MR) is 56.3 cm³/mol. The van der Waals surface area contributed by atoms with Crippen LogP contribution < -0.4 is 0 Å². The fourth-order valence-electron chi connectivity index (χ4n) is 2.02. The van der Waals surface area contributed by atoms with Crippen molar-refractivity contribution in [1.82, 2.24) is 9.80 Å². The maximum absolute atomic E-state index is 11.6. The molecule has 0 amide bonds. The Labute approximate surface area is 86.1 Å². The number of rotatable bonds is 4. The largest absolute Gasteiger partial charge is 0.301 e. The van der Waals surface area contributed by atoms with Gasteiger partial charge in [0, 0.05) is 32.1 Å². The third-order valence-electron chi connectivity index (χ3n) is 3.32. The molecule has 0 unspecified atom stereocenters. The maximum Gasteiger partial charge on any atom is 0.149 e. The van der Waals surface area contributed by atoms with Gasteiger partial charge in [0.05, 0.1) is 6.54 Å². The van der Waals surface area contributed by atoms with E-state index in [9.17, 15) is 4.79 Å². The Morgan fingerprint density at radius 2 is 1.71 bits per heavy atom. The fourth-order valence-corrected chi connectivity index (χ4v) is 2.02. The molecule has 2 rings (SSSR count). The minimum Gasteiger partial charge on any atom is -0.301 e. The van der Waals surface area contributed by atoms with Gasteiger partial charge in [-0.25, -0.2) is 0 Å². The zero-order valence-electron chi connectivity index (χ0n) is 9.04. The second-order valence-corrected chi connectivity index (χ2v) is 4.45. The average molecular weight is 196 g/mol. The van der Waals surface area contributed by atoms with Crippen molar-refractivity contribution in [2.75, 3.05) is 39.3 Å². The molecule has 0 atom stereocenters. The quantitative estimate of drug-likeness (QED) is 0.658. The van der Waals surface area contributed by atoms with E-state index in [0.29, 0.717) is 18.2 Å². The van der Waals surface area contributed by atoms with Gasteiger partial charge in [-0.15, -0.1) is 0 Å². The number of hydrogen-bond acceptors (Lipinski definition) is 3. The fraction of sp³-hybridized carbons (Fsp3) is 0.909. The van der Waals surface area contributed by atoms with E-state index in [1.165, 1.54) is 0 Å². The van der Waals surface area contributed by atoms with Gasteiger partial charge in [-0.3, -0.25) is 9.69 Å². The van der Waals surface area contributed by atoms with Gasteiger partial charge < -0.3 is 4.90 Å². The summed E-state index contributed by atoms with van der Waals surface area (Å²) in [5, 5.41) is 0. The number of nitrogens with zero attached hydrogens (tertiary/aromatic N) is 2. The number of likely N-dealkylation sites (N-methyl/N-ethyl adjacent to an activating group) is 1. The molecular formula is C11H20N2O. The summed E-state index contributed by atoms with van der Waals surface area (Å²) in [5.41, 5.74) is 0. The Hall–Kier alpha value is -0.410. The summed E-state index contributed by atoms with van der Waals surface area (Å²) >= 11 is 0. The second kappa shape index (κ2) is 4.41. The number of piperazine rings is 1.